The third kappa shape index (κ3) is 64.9. The van der Waals surface area contributed by atoms with Gasteiger partial charge < -0.3 is 14.2 Å². The highest BCUT2D eigenvalue weighted by molar-refractivity contribution is 5.71. The molecule has 0 aromatic heterocycles. The van der Waals surface area contributed by atoms with Gasteiger partial charge in [0.05, 0.1) is 0 Å². The molecule has 0 aromatic rings. The van der Waals surface area contributed by atoms with Crippen LogP contribution in [0.4, 0.5) is 0 Å². The van der Waals surface area contributed by atoms with Crippen molar-refractivity contribution >= 4 is 17.9 Å². The smallest absolute Gasteiger partial charge is 0.306 e. The van der Waals surface area contributed by atoms with E-state index in [4.69, 9.17) is 14.2 Å². The number of hydrogen-bond acceptors (Lipinski definition) is 6. The lowest BCUT2D eigenvalue weighted by atomic mass is 10.1. The van der Waals surface area contributed by atoms with Crippen LogP contribution in [0.25, 0.3) is 0 Å². The molecule has 6 nitrogen and oxygen atoms in total. The first-order valence-electron chi connectivity index (χ1n) is 31.9. The van der Waals surface area contributed by atoms with Crippen LogP contribution in [0.1, 0.15) is 239 Å². The fraction of sp³-hybridized carbons (Fsp3) is 0.533. The van der Waals surface area contributed by atoms with Crippen molar-refractivity contribution in [3.63, 3.8) is 0 Å². The fourth-order valence-electron chi connectivity index (χ4n) is 7.91. The maximum absolute atomic E-state index is 12.9. The molecule has 0 aliphatic heterocycles. The summed E-state index contributed by atoms with van der Waals surface area (Å²) >= 11 is 0. The SMILES string of the molecule is CC/C=C\C/C=C\C/C=C\C/C=C\C/C=C\C/C=C\C/C=C\CCCCCCCCCC(=O)OCC(COC(=O)CCCC/C=C\C/C=C\C/C=C\C/C=C\CC)OC(=O)CCCCC/C=C\C/C=C\C/C=C\C/C=C\C/C=C\CC. The van der Waals surface area contributed by atoms with Crippen LogP contribution in [0.3, 0.4) is 0 Å². The number of carbonyl (C=O) groups is 3. The van der Waals surface area contributed by atoms with Gasteiger partial charge in [-0.15, -0.1) is 0 Å². The molecule has 0 saturated heterocycles. The molecule has 0 amide bonds. The molecule has 0 rings (SSSR count). The third-order valence-electron chi connectivity index (χ3n) is 12.6. The van der Waals surface area contributed by atoms with Crippen molar-refractivity contribution in [2.45, 2.75) is 245 Å². The summed E-state index contributed by atoms with van der Waals surface area (Å²) in [5.41, 5.74) is 0. The van der Waals surface area contributed by atoms with Gasteiger partial charge in [-0.05, 0) is 161 Å². The lowest BCUT2D eigenvalue weighted by molar-refractivity contribution is -0.167. The van der Waals surface area contributed by atoms with Crippen molar-refractivity contribution in [3.05, 3.63) is 194 Å². The number of allylic oxidation sites excluding steroid dienone is 32. The Morgan fingerprint density at radius 1 is 0.247 bits per heavy atom. The highest BCUT2D eigenvalue weighted by Gasteiger charge is 2.19. The van der Waals surface area contributed by atoms with Crippen molar-refractivity contribution in [1.29, 1.82) is 0 Å². The molecule has 81 heavy (non-hydrogen) atoms. The lowest BCUT2D eigenvalue weighted by Gasteiger charge is -2.18. The van der Waals surface area contributed by atoms with Crippen molar-refractivity contribution in [3.8, 4) is 0 Å². The van der Waals surface area contributed by atoms with Crippen molar-refractivity contribution < 1.29 is 28.6 Å². The van der Waals surface area contributed by atoms with Gasteiger partial charge in [-0.1, -0.05) is 254 Å². The van der Waals surface area contributed by atoms with E-state index in [1.807, 2.05) is 0 Å². The normalized spacial score (nSPS) is 13.5. The van der Waals surface area contributed by atoms with Gasteiger partial charge in [0.2, 0.25) is 0 Å². The zero-order valence-electron chi connectivity index (χ0n) is 51.5. The molecule has 0 radical (unpaired) electrons. The van der Waals surface area contributed by atoms with Gasteiger partial charge in [-0.2, -0.15) is 0 Å². The molecule has 0 aliphatic carbocycles. The van der Waals surface area contributed by atoms with Gasteiger partial charge in [0, 0.05) is 19.3 Å². The summed E-state index contributed by atoms with van der Waals surface area (Å²) in [6.45, 7) is 6.21. The van der Waals surface area contributed by atoms with Crippen LogP contribution >= 0.6 is 0 Å². The van der Waals surface area contributed by atoms with Crippen LogP contribution in [0.2, 0.25) is 0 Å². The zero-order valence-corrected chi connectivity index (χ0v) is 51.5. The van der Waals surface area contributed by atoms with Crippen LogP contribution in [-0.4, -0.2) is 37.2 Å². The molecule has 0 bridgehead atoms. The van der Waals surface area contributed by atoms with E-state index in [0.717, 1.165) is 167 Å². The van der Waals surface area contributed by atoms with E-state index in [-0.39, 0.29) is 44.0 Å². The van der Waals surface area contributed by atoms with Crippen LogP contribution < -0.4 is 0 Å². The van der Waals surface area contributed by atoms with E-state index < -0.39 is 6.10 Å². The van der Waals surface area contributed by atoms with Crippen molar-refractivity contribution in [2.24, 2.45) is 0 Å². The summed E-state index contributed by atoms with van der Waals surface area (Å²) < 4.78 is 16.8. The van der Waals surface area contributed by atoms with E-state index in [1.54, 1.807) is 0 Å². The summed E-state index contributed by atoms with van der Waals surface area (Å²) in [6, 6.07) is 0. The Hall–Kier alpha value is -5.75. The average molecular weight is 1110 g/mol. The van der Waals surface area contributed by atoms with E-state index in [0.29, 0.717) is 19.3 Å². The minimum absolute atomic E-state index is 0.121. The maximum atomic E-state index is 12.9. The molecule has 0 saturated carbocycles. The first-order chi connectivity index (χ1) is 40.0. The van der Waals surface area contributed by atoms with Crippen molar-refractivity contribution in [2.75, 3.05) is 13.2 Å². The minimum Gasteiger partial charge on any atom is -0.462 e. The molecule has 1 atom stereocenters. The summed E-state index contributed by atoms with van der Waals surface area (Å²) in [5, 5.41) is 0. The van der Waals surface area contributed by atoms with Crippen LogP contribution in [0.5, 0.6) is 0 Å². The zero-order chi connectivity index (χ0) is 58.5. The number of esters is 3. The highest BCUT2D eigenvalue weighted by atomic mass is 16.6. The molecule has 0 N–H and O–H groups in total. The average Bonchev–Trinajstić information content (AvgIpc) is 3.47. The monoisotopic (exact) mass is 1110 g/mol. The third-order valence-corrected chi connectivity index (χ3v) is 12.6. The first kappa shape index (κ1) is 75.2. The molecule has 0 aliphatic rings. The fourth-order valence-corrected chi connectivity index (χ4v) is 7.91. The predicted molar refractivity (Wildman–Crippen MR) is 352 cm³/mol. The minimum atomic E-state index is -0.831. The van der Waals surface area contributed by atoms with Gasteiger partial charge in [0.25, 0.3) is 0 Å². The number of carbonyl (C=O) groups excluding carboxylic acids is 3. The second-order valence-electron chi connectivity index (χ2n) is 20.2. The summed E-state index contributed by atoms with van der Waals surface area (Å²) in [4.78, 5) is 38.3. The van der Waals surface area contributed by atoms with Gasteiger partial charge in [0.15, 0.2) is 6.10 Å². The maximum Gasteiger partial charge on any atom is 0.306 e. The van der Waals surface area contributed by atoms with Gasteiger partial charge >= 0.3 is 17.9 Å². The Labute approximate surface area is 497 Å². The molecular weight excluding hydrogens is 997 g/mol. The summed E-state index contributed by atoms with van der Waals surface area (Å²) in [5.74, 6) is -1.02. The van der Waals surface area contributed by atoms with Gasteiger partial charge in [0.1, 0.15) is 13.2 Å². The molecule has 0 spiro atoms. The number of rotatable bonds is 55. The van der Waals surface area contributed by atoms with Crippen molar-refractivity contribution in [1.82, 2.24) is 0 Å². The van der Waals surface area contributed by atoms with Gasteiger partial charge in [-0.3, -0.25) is 14.4 Å². The lowest BCUT2D eigenvalue weighted by Crippen LogP contribution is -2.30. The molecular formula is C75H114O6. The number of ether oxygens (including phenoxy) is 3. The molecule has 450 valence electrons. The molecule has 6 heteroatoms. The quantitative estimate of drug-likeness (QED) is 0.0261. The van der Waals surface area contributed by atoms with E-state index in [2.05, 4.69) is 215 Å². The largest absolute Gasteiger partial charge is 0.462 e. The molecule has 0 heterocycles. The predicted octanol–water partition coefficient (Wildman–Crippen LogP) is 22.2. The Balaban J connectivity index is 4.49. The standard InChI is InChI=1S/C75H114O6/c1-4-7-10-13-16-19-22-25-28-30-32-33-34-35-36-37-38-39-40-41-43-44-47-50-53-56-59-62-65-68-74(77)80-71-72(70-79-73(76)67-64-61-58-55-52-49-46-27-24-21-18-15-12-9-6-3)81-75(78)69-66-63-60-57-54-51-48-45-42-31-29-26-23-20-17-14-11-8-5-2/h7-12,16-21,25-29,32-33,35-36,38-39,41-43,45-46,51-52,54-55,72H,4-6,13-15,22-24,30-31,34,37,40,44,47-50,53,56-71H2,1-3H3/b10-7-,11-8-,12-9-,19-16-,20-17-,21-18-,28-25-,29-26-,33-32-,36-35-,39-38-,43-41-,45-42-,46-27-,54-51-,55-52-. The van der Waals surface area contributed by atoms with E-state index in [9.17, 15) is 14.4 Å². The Morgan fingerprint density at radius 3 is 0.728 bits per heavy atom. The first-order valence-corrected chi connectivity index (χ1v) is 31.9. The molecule has 1 unspecified atom stereocenters. The van der Waals surface area contributed by atoms with Crippen LogP contribution in [-0.2, 0) is 28.6 Å². The molecule has 0 aromatic carbocycles. The topological polar surface area (TPSA) is 78.9 Å². The van der Waals surface area contributed by atoms with Gasteiger partial charge in [-0.25, -0.2) is 0 Å². The Bertz CT molecular complexity index is 1950. The second kappa shape index (κ2) is 66.8. The van der Waals surface area contributed by atoms with E-state index in [1.165, 1.54) is 19.3 Å². The summed E-state index contributed by atoms with van der Waals surface area (Å²) in [6.07, 6.45) is 101. The Kier molecular flexibility index (Phi) is 62.0. The highest BCUT2D eigenvalue weighted by Crippen LogP contribution is 2.13. The molecule has 0 fully saturated rings. The second-order valence-corrected chi connectivity index (χ2v) is 20.2. The number of hydrogen-bond donors (Lipinski definition) is 0. The van der Waals surface area contributed by atoms with Crippen LogP contribution in [0, 0.1) is 0 Å². The van der Waals surface area contributed by atoms with Crippen LogP contribution in [0.15, 0.2) is 194 Å². The van der Waals surface area contributed by atoms with E-state index >= 15 is 0 Å². The Morgan fingerprint density at radius 2 is 0.444 bits per heavy atom. The number of unbranched alkanes of at least 4 members (excludes halogenated alkanes) is 12. The summed E-state index contributed by atoms with van der Waals surface area (Å²) in [7, 11) is 0.